The Morgan fingerprint density at radius 2 is 1.95 bits per heavy atom. The fourth-order valence-corrected chi connectivity index (χ4v) is 1.92. The fourth-order valence-electron chi connectivity index (χ4n) is 1.62. The Bertz CT molecular complexity index is 705. The molecular formula is C15H12Cl2N2O3. The first-order valence-corrected chi connectivity index (χ1v) is 6.95. The zero-order valence-electron chi connectivity index (χ0n) is 11.5. The summed E-state index contributed by atoms with van der Waals surface area (Å²) in [7, 11) is 1.55. The van der Waals surface area contributed by atoms with Crippen LogP contribution in [-0.2, 0) is 4.84 Å². The van der Waals surface area contributed by atoms with Gasteiger partial charge in [0.2, 0.25) is 0 Å². The normalized spacial score (nSPS) is 10.5. The van der Waals surface area contributed by atoms with Crippen molar-refractivity contribution in [2.75, 3.05) is 12.4 Å². The Hall–Kier alpha value is -2.24. The SMILES string of the molecule is COc1ccccc1C=NOC(=O)Nc1ccc(Cl)c(Cl)c1. The van der Waals surface area contributed by atoms with Gasteiger partial charge in [-0.1, -0.05) is 40.5 Å². The van der Waals surface area contributed by atoms with Crippen LogP contribution in [0.15, 0.2) is 47.6 Å². The largest absolute Gasteiger partial charge is 0.496 e. The molecule has 114 valence electrons. The van der Waals surface area contributed by atoms with E-state index in [1.165, 1.54) is 12.3 Å². The summed E-state index contributed by atoms with van der Waals surface area (Å²) in [5.74, 6) is 0.625. The number of amides is 1. The Morgan fingerprint density at radius 1 is 1.18 bits per heavy atom. The number of benzene rings is 2. The van der Waals surface area contributed by atoms with E-state index in [9.17, 15) is 4.79 Å². The molecule has 0 fully saturated rings. The Labute approximate surface area is 137 Å². The summed E-state index contributed by atoms with van der Waals surface area (Å²) in [5, 5.41) is 6.81. The number of nitrogens with one attached hydrogen (secondary N) is 1. The molecule has 0 aliphatic heterocycles. The fraction of sp³-hybridized carbons (Fsp3) is 0.0667. The molecule has 0 heterocycles. The van der Waals surface area contributed by atoms with Crippen LogP contribution in [0.3, 0.4) is 0 Å². The first kappa shape index (κ1) is 16.1. The number of halogens is 2. The van der Waals surface area contributed by atoms with Gasteiger partial charge in [0.1, 0.15) is 5.75 Å². The second-order valence-electron chi connectivity index (χ2n) is 4.11. The minimum absolute atomic E-state index is 0.331. The maximum Gasteiger partial charge on any atom is 0.437 e. The lowest BCUT2D eigenvalue weighted by Gasteiger charge is -2.04. The smallest absolute Gasteiger partial charge is 0.437 e. The van der Waals surface area contributed by atoms with Gasteiger partial charge < -0.3 is 4.74 Å². The van der Waals surface area contributed by atoms with Crippen LogP contribution in [0, 0.1) is 0 Å². The first-order chi connectivity index (χ1) is 10.6. The van der Waals surface area contributed by atoms with Gasteiger partial charge in [0, 0.05) is 11.3 Å². The lowest BCUT2D eigenvalue weighted by molar-refractivity contribution is 0.167. The molecule has 1 N–H and O–H groups in total. The minimum Gasteiger partial charge on any atom is -0.496 e. The van der Waals surface area contributed by atoms with Gasteiger partial charge in [-0.2, -0.15) is 0 Å². The van der Waals surface area contributed by atoms with Crippen LogP contribution >= 0.6 is 23.2 Å². The van der Waals surface area contributed by atoms with Crippen LogP contribution in [0.1, 0.15) is 5.56 Å². The van der Waals surface area contributed by atoms with E-state index in [1.54, 1.807) is 31.4 Å². The van der Waals surface area contributed by atoms with Crippen molar-refractivity contribution >= 4 is 41.2 Å². The van der Waals surface area contributed by atoms with Gasteiger partial charge in [-0.25, -0.2) is 4.79 Å². The third kappa shape index (κ3) is 4.38. The number of oxime groups is 1. The molecule has 0 saturated carbocycles. The molecular weight excluding hydrogens is 327 g/mol. The quantitative estimate of drug-likeness (QED) is 0.504. The van der Waals surface area contributed by atoms with E-state index in [-0.39, 0.29) is 0 Å². The molecule has 22 heavy (non-hydrogen) atoms. The number of hydrogen-bond acceptors (Lipinski definition) is 4. The van der Waals surface area contributed by atoms with Gasteiger partial charge in [0.05, 0.1) is 23.4 Å². The Kier molecular flexibility index (Phi) is 5.63. The van der Waals surface area contributed by atoms with E-state index < -0.39 is 6.09 Å². The molecule has 0 radical (unpaired) electrons. The maximum absolute atomic E-state index is 11.6. The highest BCUT2D eigenvalue weighted by Gasteiger charge is 2.05. The van der Waals surface area contributed by atoms with Gasteiger partial charge in [0.25, 0.3) is 0 Å². The van der Waals surface area contributed by atoms with Gasteiger partial charge in [-0.15, -0.1) is 0 Å². The lowest BCUT2D eigenvalue weighted by atomic mass is 10.2. The number of para-hydroxylation sites is 1. The molecule has 0 bridgehead atoms. The zero-order valence-corrected chi connectivity index (χ0v) is 13.1. The molecule has 7 heteroatoms. The molecule has 2 rings (SSSR count). The minimum atomic E-state index is -0.746. The highest BCUT2D eigenvalue weighted by Crippen LogP contribution is 2.25. The number of hydrogen-bond donors (Lipinski definition) is 1. The molecule has 5 nitrogen and oxygen atoms in total. The summed E-state index contributed by atoms with van der Waals surface area (Å²) < 4.78 is 5.15. The van der Waals surface area contributed by atoms with Crippen LogP contribution in [0.2, 0.25) is 10.0 Å². The van der Waals surface area contributed by atoms with Crippen LogP contribution in [0.5, 0.6) is 5.75 Å². The van der Waals surface area contributed by atoms with Gasteiger partial charge in [-0.05, 0) is 30.3 Å². The number of nitrogens with zero attached hydrogens (tertiary/aromatic N) is 1. The summed E-state index contributed by atoms with van der Waals surface area (Å²) in [6, 6.07) is 11.9. The van der Waals surface area contributed by atoms with E-state index in [1.807, 2.05) is 12.1 Å². The Morgan fingerprint density at radius 3 is 2.68 bits per heavy atom. The summed E-state index contributed by atoms with van der Waals surface area (Å²) in [5.41, 5.74) is 1.14. The number of carbonyl (C=O) groups excluding carboxylic acids is 1. The third-order valence-corrected chi connectivity index (χ3v) is 3.37. The predicted molar refractivity (Wildman–Crippen MR) is 87.2 cm³/mol. The van der Waals surface area contributed by atoms with E-state index in [2.05, 4.69) is 10.5 Å². The van der Waals surface area contributed by atoms with Gasteiger partial charge in [0.15, 0.2) is 0 Å². The Balaban J connectivity index is 1.95. The van der Waals surface area contributed by atoms with Crippen molar-refractivity contribution in [3.63, 3.8) is 0 Å². The number of carbonyl (C=O) groups is 1. The molecule has 0 unspecified atom stereocenters. The zero-order chi connectivity index (χ0) is 15.9. The van der Waals surface area contributed by atoms with Crippen LogP contribution < -0.4 is 10.1 Å². The molecule has 1 amide bonds. The van der Waals surface area contributed by atoms with Crippen molar-refractivity contribution in [1.29, 1.82) is 0 Å². The van der Waals surface area contributed by atoms with Crippen molar-refractivity contribution in [1.82, 2.24) is 0 Å². The highest BCUT2D eigenvalue weighted by molar-refractivity contribution is 6.42. The van der Waals surface area contributed by atoms with E-state index in [0.717, 1.165) is 0 Å². The third-order valence-electron chi connectivity index (χ3n) is 2.63. The average Bonchev–Trinajstić information content (AvgIpc) is 2.51. The predicted octanol–water partition coefficient (Wildman–Crippen LogP) is 4.58. The van der Waals surface area contributed by atoms with Crippen molar-refractivity contribution < 1.29 is 14.4 Å². The van der Waals surface area contributed by atoms with E-state index >= 15 is 0 Å². The summed E-state index contributed by atoms with van der Waals surface area (Å²) >= 11 is 11.6. The molecule has 0 atom stereocenters. The van der Waals surface area contributed by atoms with Crippen molar-refractivity contribution in [3.8, 4) is 5.75 Å². The molecule has 0 saturated heterocycles. The van der Waals surface area contributed by atoms with E-state index in [4.69, 9.17) is 32.8 Å². The number of anilines is 1. The summed E-state index contributed by atoms with van der Waals surface area (Å²) in [6.45, 7) is 0. The van der Waals surface area contributed by atoms with Crippen molar-refractivity contribution in [2.45, 2.75) is 0 Å². The second-order valence-corrected chi connectivity index (χ2v) is 4.92. The molecule has 0 aromatic heterocycles. The second kappa shape index (κ2) is 7.68. The lowest BCUT2D eigenvalue weighted by Crippen LogP contribution is -2.10. The molecule has 2 aromatic carbocycles. The van der Waals surface area contributed by atoms with Crippen molar-refractivity contribution in [3.05, 3.63) is 58.1 Å². The summed E-state index contributed by atoms with van der Waals surface area (Å²) in [6.07, 6.45) is 0.636. The average molecular weight is 339 g/mol. The monoisotopic (exact) mass is 338 g/mol. The molecule has 0 aliphatic rings. The molecule has 2 aromatic rings. The van der Waals surface area contributed by atoms with E-state index in [0.29, 0.717) is 27.0 Å². The van der Waals surface area contributed by atoms with Crippen molar-refractivity contribution in [2.24, 2.45) is 5.16 Å². The first-order valence-electron chi connectivity index (χ1n) is 6.19. The highest BCUT2D eigenvalue weighted by atomic mass is 35.5. The maximum atomic E-state index is 11.6. The number of ether oxygens (including phenoxy) is 1. The molecule has 0 aliphatic carbocycles. The topological polar surface area (TPSA) is 59.9 Å². The standard InChI is InChI=1S/C15H12Cl2N2O3/c1-21-14-5-3-2-4-10(14)9-18-22-15(20)19-11-6-7-12(16)13(17)8-11/h2-9H,1H3,(H,19,20). The number of methoxy groups -OCH3 is 1. The summed E-state index contributed by atoms with van der Waals surface area (Å²) in [4.78, 5) is 16.3. The van der Waals surface area contributed by atoms with Gasteiger partial charge in [-0.3, -0.25) is 10.2 Å². The van der Waals surface area contributed by atoms with Crippen LogP contribution in [-0.4, -0.2) is 19.4 Å². The molecule has 0 spiro atoms. The van der Waals surface area contributed by atoms with Crippen LogP contribution in [0.25, 0.3) is 0 Å². The van der Waals surface area contributed by atoms with Crippen LogP contribution in [0.4, 0.5) is 10.5 Å². The number of rotatable bonds is 4. The van der Waals surface area contributed by atoms with Gasteiger partial charge >= 0.3 is 6.09 Å².